The summed E-state index contributed by atoms with van der Waals surface area (Å²) in [4.78, 5) is 11.8. The SMILES string of the molecule is Cc1ccc(-c2ccc(N)c(=O)n2C)cc1C. The third kappa shape index (κ3) is 1.96. The van der Waals surface area contributed by atoms with E-state index >= 15 is 0 Å². The number of rotatable bonds is 1. The molecule has 3 heteroatoms. The van der Waals surface area contributed by atoms with E-state index in [1.54, 1.807) is 17.7 Å². The molecule has 0 aliphatic rings. The summed E-state index contributed by atoms with van der Waals surface area (Å²) in [5.74, 6) is 0. The van der Waals surface area contributed by atoms with Crippen LogP contribution in [0.4, 0.5) is 5.69 Å². The van der Waals surface area contributed by atoms with Crippen LogP contribution >= 0.6 is 0 Å². The third-order valence-corrected chi connectivity index (χ3v) is 3.14. The van der Waals surface area contributed by atoms with Crippen molar-refractivity contribution in [3.63, 3.8) is 0 Å². The Hall–Kier alpha value is -2.03. The summed E-state index contributed by atoms with van der Waals surface area (Å²) in [7, 11) is 1.74. The first-order valence-corrected chi connectivity index (χ1v) is 5.54. The Kier molecular flexibility index (Phi) is 2.76. The second kappa shape index (κ2) is 4.09. The van der Waals surface area contributed by atoms with E-state index < -0.39 is 0 Å². The molecule has 17 heavy (non-hydrogen) atoms. The Morgan fingerprint density at radius 3 is 2.41 bits per heavy atom. The van der Waals surface area contributed by atoms with Crippen LogP contribution < -0.4 is 11.3 Å². The van der Waals surface area contributed by atoms with Gasteiger partial charge < -0.3 is 10.3 Å². The molecule has 1 aromatic heterocycles. The molecule has 0 amide bonds. The molecule has 1 heterocycles. The van der Waals surface area contributed by atoms with Crippen molar-refractivity contribution in [2.75, 3.05) is 5.73 Å². The fraction of sp³-hybridized carbons (Fsp3) is 0.214. The van der Waals surface area contributed by atoms with Gasteiger partial charge in [-0.25, -0.2) is 0 Å². The highest BCUT2D eigenvalue weighted by Gasteiger charge is 2.06. The average molecular weight is 228 g/mol. The van der Waals surface area contributed by atoms with Crippen LogP contribution in [0, 0.1) is 13.8 Å². The highest BCUT2D eigenvalue weighted by molar-refractivity contribution is 5.63. The first-order chi connectivity index (χ1) is 8.00. The maximum atomic E-state index is 11.8. The van der Waals surface area contributed by atoms with Gasteiger partial charge in [0.15, 0.2) is 0 Å². The molecule has 0 radical (unpaired) electrons. The molecule has 88 valence electrons. The molecule has 0 atom stereocenters. The van der Waals surface area contributed by atoms with Gasteiger partial charge >= 0.3 is 0 Å². The monoisotopic (exact) mass is 228 g/mol. The van der Waals surface area contributed by atoms with Crippen LogP contribution in [0.2, 0.25) is 0 Å². The zero-order valence-corrected chi connectivity index (χ0v) is 10.3. The van der Waals surface area contributed by atoms with E-state index in [2.05, 4.69) is 26.0 Å². The summed E-state index contributed by atoms with van der Waals surface area (Å²) < 4.78 is 1.58. The summed E-state index contributed by atoms with van der Waals surface area (Å²) >= 11 is 0. The molecule has 2 rings (SSSR count). The molecule has 0 saturated carbocycles. The number of benzene rings is 1. The van der Waals surface area contributed by atoms with Gasteiger partial charge in [0.1, 0.15) is 0 Å². The highest BCUT2D eigenvalue weighted by Crippen LogP contribution is 2.21. The number of hydrogen-bond donors (Lipinski definition) is 1. The Bertz CT molecular complexity index is 627. The summed E-state index contributed by atoms with van der Waals surface area (Å²) in [5.41, 5.74) is 10.1. The summed E-state index contributed by atoms with van der Waals surface area (Å²) in [6.07, 6.45) is 0. The van der Waals surface area contributed by atoms with E-state index in [-0.39, 0.29) is 11.2 Å². The topological polar surface area (TPSA) is 48.0 Å². The lowest BCUT2D eigenvalue weighted by atomic mass is 10.0. The van der Waals surface area contributed by atoms with Crippen molar-refractivity contribution in [2.45, 2.75) is 13.8 Å². The summed E-state index contributed by atoms with van der Waals surface area (Å²) in [6.45, 7) is 4.13. The van der Waals surface area contributed by atoms with Gasteiger partial charge in [0, 0.05) is 7.05 Å². The van der Waals surface area contributed by atoms with Crippen LogP contribution in [-0.2, 0) is 7.05 Å². The fourth-order valence-electron chi connectivity index (χ4n) is 1.85. The number of nitrogens with two attached hydrogens (primary N) is 1. The molecule has 2 N–H and O–H groups in total. The molecule has 2 aromatic rings. The Morgan fingerprint density at radius 1 is 1.06 bits per heavy atom. The molecule has 0 unspecified atom stereocenters. The van der Waals surface area contributed by atoms with Gasteiger partial charge in [0.25, 0.3) is 5.56 Å². The van der Waals surface area contributed by atoms with Crippen LogP contribution in [0.1, 0.15) is 11.1 Å². The minimum absolute atomic E-state index is 0.152. The van der Waals surface area contributed by atoms with Gasteiger partial charge in [-0.15, -0.1) is 0 Å². The van der Waals surface area contributed by atoms with Gasteiger partial charge in [0.05, 0.1) is 11.4 Å². The summed E-state index contributed by atoms with van der Waals surface area (Å²) in [5, 5.41) is 0. The maximum absolute atomic E-state index is 11.8. The third-order valence-electron chi connectivity index (χ3n) is 3.14. The second-order valence-corrected chi connectivity index (χ2v) is 4.34. The summed E-state index contributed by atoms with van der Waals surface area (Å²) in [6, 6.07) is 9.70. The zero-order valence-electron chi connectivity index (χ0n) is 10.3. The van der Waals surface area contributed by atoms with Crippen molar-refractivity contribution in [2.24, 2.45) is 7.05 Å². The van der Waals surface area contributed by atoms with Crippen LogP contribution in [0.5, 0.6) is 0 Å². The van der Waals surface area contributed by atoms with Gasteiger partial charge in [-0.05, 0) is 48.7 Å². The highest BCUT2D eigenvalue weighted by atomic mass is 16.1. The van der Waals surface area contributed by atoms with Gasteiger partial charge in [-0.3, -0.25) is 4.79 Å². The van der Waals surface area contributed by atoms with E-state index in [4.69, 9.17) is 5.73 Å². The van der Waals surface area contributed by atoms with Crippen LogP contribution in [0.25, 0.3) is 11.3 Å². The lowest BCUT2D eigenvalue weighted by Crippen LogP contribution is -2.21. The number of aryl methyl sites for hydroxylation is 2. The molecular formula is C14H16N2O. The largest absolute Gasteiger partial charge is 0.394 e. The molecule has 1 aromatic carbocycles. The van der Waals surface area contributed by atoms with Crippen molar-refractivity contribution in [3.05, 3.63) is 51.8 Å². The normalized spacial score (nSPS) is 10.5. The van der Waals surface area contributed by atoms with Crippen molar-refractivity contribution >= 4 is 5.69 Å². The lowest BCUT2D eigenvalue weighted by molar-refractivity contribution is 0.874. The van der Waals surface area contributed by atoms with Gasteiger partial charge in [0.2, 0.25) is 0 Å². The Balaban J connectivity index is 2.65. The number of nitrogens with zero attached hydrogens (tertiary/aromatic N) is 1. The predicted molar refractivity (Wildman–Crippen MR) is 71.0 cm³/mol. The lowest BCUT2D eigenvalue weighted by Gasteiger charge is -2.10. The van der Waals surface area contributed by atoms with Crippen LogP contribution in [0.3, 0.4) is 0 Å². The minimum Gasteiger partial charge on any atom is -0.394 e. The number of pyridine rings is 1. The number of hydrogen-bond acceptors (Lipinski definition) is 2. The van der Waals surface area contributed by atoms with Crippen LogP contribution in [0.15, 0.2) is 35.1 Å². The second-order valence-electron chi connectivity index (χ2n) is 4.34. The number of nitrogen functional groups attached to an aromatic ring is 1. The maximum Gasteiger partial charge on any atom is 0.273 e. The van der Waals surface area contributed by atoms with Gasteiger partial charge in [-0.2, -0.15) is 0 Å². The molecule has 3 nitrogen and oxygen atoms in total. The predicted octanol–water partition coefficient (Wildman–Crippen LogP) is 2.25. The smallest absolute Gasteiger partial charge is 0.273 e. The zero-order chi connectivity index (χ0) is 12.6. The fourth-order valence-corrected chi connectivity index (χ4v) is 1.85. The molecule has 0 spiro atoms. The Morgan fingerprint density at radius 2 is 1.76 bits per heavy atom. The van der Waals surface area contributed by atoms with Crippen LogP contribution in [-0.4, -0.2) is 4.57 Å². The Labute approximate surface area is 101 Å². The molecule has 0 saturated heterocycles. The molecular weight excluding hydrogens is 212 g/mol. The molecule has 0 fully saturated rings. The molecule has 0 aliphatic heterocycles. The quantitative estimate of drug-likeness (QED) is 0.813. The molecule has 0 aliphatic carbocycles. The molecule has 0 bridgehead atoms. The standard InChI is InChI=1S/C14H16N2O/c1-9-4-5-11(8-10(9)2)13-7-6-12(15)14(17)16(13)3/h4-8H,15H2,1-3H3. The van der Waals surface area contributed by atoms with Crippen molar-refractivity contribution in [3.8, 4) is 11.3 Å². The first-order valence-electron chi connectivity index (χ1n) is 5.54. The van der Waals surface area contributed by atoms with E-state index in [0.717, 1.165) is 11.3 Å². The van der Waals surface area contributed by atoms with Gasteiger partial charge in [-0.1, -0.05) is 12.1 Å². The van der Waals surface area contributed by atoms with Crippen molar-refractivity contribution in [1.82, 2.24) is 4.57 Å². The average Bonchev–Trinajstić information content (AvgIpc) is 2.30. The number of aromatic nitrogens is 1. The van der Waals surface area contributed by atoms with E-state index in [9.17, 15) is 4.79 Å². The van der Waals surface area contributed by atoms with E-state index in [0.29, 0.717) is 0 Å². The minimum atomic E-state index is -0.152. The van der Waals surface area contributed by atoms with Crippen molar-refractivity contribution in [1.29, 1.82) is 0 Å². The first kappa shape index (κ1) is 11.5. The number of anilines is 1. The van der Waals surface area contributed by atoms with E-state index in [1.165, 1.54) is 11.1 Å². The van der Waals surface area contributed by atoms with E-state index in [1.807, 2.05) is 12.1 Å². The van der Waals surface area contributed by atoms with Crippen molar-refractivity contribution < 1.29 is 0 Å².